The van der Waals surface area contributed by atoms with E-state index >= 15 is 0 Å². The van der Waals surface area contributed by atoms with Crippen molar-refractivity contribution in [1.82, 2.24) is 4.31 Å². The molecule has 1 aliphatic heterocycles. The van der Waals surface area contributed by atoms with Crippen molar-refractivity contribution in [3.8, 4) is 0 Å². The molecule has 6 nitrogen and oxygen atoms in total. The fraction of sp³-hybridized carbons (Fsp3) is 0.500. The molecule has 2 unspecified atom stereocenters. The highest BCUT2D eigenvalue weighted by Crippen LogP contribution is 2.30. The molecule has 0 aliphatic carbocycles. The van der Waals surface area contributed by atoms with Crippen LogP contribution < -0.4 is 5.73 Å². The zero-order valence-electron chi connectivity index (χ0n) is 12.4. The van der Waals surface area contributed by atoms with Crippen molar-refractivity contribution < 1.29 is 17.9 Å². The molecule has 1 aromatic rings. The number of carbonyl (C=O) groups excluding carboxylic acids is 1. The van der Waals surface area contributed by atoms with E-state index in [2.05, 4.69) is 0 Å². The first kappa shape index (κ1) is 15.8. The van der Waals surface area contributed by atoms with Crippen molar-refractivity contribution in [2.24, 2.45) is 11.8 Å². The van der Waals surface area contributed by atoms with Gasteiger partial charge < -0.3 is 10.5 Å². The van der Waals surface area contributed by atoms with Crippen molar-refractivity contribution in [2.75, 3.05) is 25.9 Å². The minimum absolute atomic E-state index is 0.0675. The predicted octanol–water partition coefficient (Wildman–Crippen LogP) is 1.01. The molecule has 0 amide bonds. The van der Waals surface area contributed by atoms with Crippen LogP contribution in [-0.2, 0) is 19.6 Å². The van der Waals surface area contributed by atoms with E-state index in [4.69, 9.17) is 10.5 Å². The van der Waals surface area contributed by atoms with E-state index in [1.165, 1.54) is 17.5 Å². The van der Waals surface area contributed by atoms with Gasteiger partial charge in [0.2, 0.25) is 10.0 Å². The number of ether oxygens (including phenoxy) is 1. The number of benzene rings is 1. The van der Waals surface area contributed by atoms with Crippen LogP contribution in [0.1, 0.15) is 12.5 Å². The molecule has 21 heavy (non-hydrogen) atoms. The maximum Gasteiger partial charge on any atom is 0.310 e. The number of esters is 1. The zero-order chi connectivity index (χ0) is 15.8. The van der Waals surface area contributed by atoms with Gasteiger partial charge in [-0.1, -0.05) is 6.92 Å². The maximum atomic E-state index is 12.6. The molecular formula is C14H20N2O4S. The van der Waals surface area contributed by atoms with E-state index in [0.717, 1.165) is 0 Å². The lowest BCUT2D eigenvalue weighted by atomic mass is 9.99. The summed E-state index contributed by atoms with van der Waals surface area (Å²) in [5.41, 5.74) is 6.99. The second-order valence-corrected chi connectivity index (χ2v) is 7.39. The standard InChI is InChI=1S/C14H20N2O4S/c1-9-6-11(4-5-13(9)15)21(18,19)16-7-10(2)12(8-16)14(17)20-3/h4-6,10,12H,7-8,15H2,1-3H3. The summed E-state index contributed by atoms with van der Waals surface area (Å²) in [6.45, 7) is 4.08. The molecular weight excluding hydrogens is 292 g/mol. The van der Waals surface area contributed by atoms with E-state index in [9.17, 15) is 13.2 Å². The normalized spacial score (nSPS) is 23.2. The Morgan fingerprint density at radius 2 is 2.05 bits per heavy atom. The van der Waals surface area contributed by atoms with Crippen molar-refractivity contribution >= 4 is 21.7 Å². The third kappa shape index (κ3) is 2.89. The monoisotopic (exact) mass is 312 g/mol. The number of nitrogen functional groups attached to an aromatic ring is 1. The predicted molar refractivity (Wildman–Crippen MR) is 79.0 cm³/mol. The molecule has 0 aromatic heterocycles. The van der Waals surface area contributed by atoms with Crippen LogP contribution in [0.15, 0.2) is 23.1 Å². The summed E-state index contributed by atoms with van der Waals surface area (Å²) < 4.78 is 31.3. The first-order valence-electron chi connectivity index (χ1n) is 6.71. The highest BCUT2D eigenvalue weighted by Gasteiger charge is 2.41. The third-order valence-corrected chi connectivity index (χ3v) is 5.79. The van der Waals surface area contributed by atoms with Crippen LogP contribution in [0.25, 0.3) is 0 Å². The Kier molecular flexibility index (Phi) is 4.25. The number of hydrogen-bond donors (Lipinski definition) is 1. The van der Waals surface area contributed by atoms with E-state index in [1.807, 2.05) is 6.92 Å². The van der Waals surface area contributed by atoms with Gasteiger partial charge in [0.15, 0.2) is 0 Å². The summed E-state index contributed by atoms with van der Waals surface area (Å²) in [6, 6.07) is 4.63. The molecule has 1 saturated heterocycles. The van der Waals surface area contributed by atoms with Gasteiger partial charge >= 0.3 is 5.97 Å². The van der Waals surface area contributed by atoms with Crippen LogP contribution in [-0.4, -0.2) is 38.9 Å². The summed E-state index contributed by atoms with van der Waals surface area (Å²) in [4.78, 5) is 11.9. The lowest BCUT2D eigenvalue weighted by molar-refractivity contribution is -0.145. The minimum atomic E-state index is -3.62. The number of hydrogen-bond acceptors (Lipinski definition) is 5. The van der Waals surface area contributed by atoms with Crippen molar-refractivity contribution in [3.05, 3.63) is 23.8 Å². The fourth-order valence-corrected chi connectivity index (χ4v) is 4.19. The summed E-state index contributed by atoms with van der Waals surface area (Å²) >= 11 is 0. The van der Waals surface area contributed by atoms with Crippen LogP contribution in [0.3, 0.4) is 0 Å². The Hall–Kier alpha value is -1.60. The molecule has 1 aliphatic rings. The molecule has 0 spiro atoms. The van der Waals surface area contributed by atoms with Crippen LogP contribution in [0.2, 0.25) is 0 Å². The highest BCUT2D eigenvalue weighted by molar-refractivity contribution is 7.89. The van der Waals surface area contributed by atoms with Gasteiger partial charge in [0.25, 0.3) is 0 Å². The Morgan fingerprint density at radius 3 is 2.62 bits per heavy atom. The van der Waals surface area contributed by atoms with Gasteiger partial charge in [0.05, 0.1) is 17.9 Å². The second-order valence-electron chi connectivity index (χ2n) is 5.45. The lowest BCUT2D eigenvalue weighted by Gasteiger charge is -2.17. The molecule has 2 atom stereocenters. The number of rotatable bonds is 3. The highest BCUT2D eigenvalue weighted by atomic mass is 32.2. The summed E-state index contributed by atoms with van der Waals surface area (Å²) in [6.07, 6.45) is 0. The summed E-state index contributed by atoms with van der Waals surface area (Å²) in [7, 11) is -2.30. The van der Waals surface area contributed by atoms with Crippen molar-refractivity contribution in [1.29, 1.82) is 0 Å². The molecule has 0 bridgehead atoms. The van der Waals surface area contributed by atoms with E-state index in [0.29, 0.717) is 17.8 Å². The largest absolute Gasteiger partial charge is 0.469 e. The number of sulfonamides is 1. The minimum Gasteiger partial charge on any atom is -0.469 e. The quantitative estimate of drug-likeness (QED) is 0.664. The number of carbonyl (C=O) groups is 1. The molecule has 116 valence electrons. The van der Waals surface area contributed by atoms with E-state index in [-0.39, 0.29) is 23.3 Å². The van der Waals surface area contributed by atoms with Gasteiger partial charge in [0.1, 0.15) is 0 Å². The molecule has 7 heteroatoms. The molecule has 0 radical (unpaired) electrons. The fourth-order valence-electron chi connectivity index (χ4n) is 2.53. The molecule has 1 heterocycles. The Morgan fingerprint density at radius 1 is 1.38 bits per heavy atom. The molecule has 2 rings (SSSR count). The second kappa shape index (κ2) is 5.65. The van der Waals surface area contributed by atoms with Crippen molar-refractivity contribution in [3.63, 3.8) is 0 Å². The van der Waals surface area contributed by atoms with Crippen LogP contribution in [0.4, 0.5) is 5.69 Å². The van der Waals surface area contributed by atoms with Gasteiger partial charge in [-0.15, -0.1) is 0 Å². The maximum absolute atomic E-state index is 12.6. The molecule has 0 saturated carbocycles. The van der Waals surface area contributed by atoms with Gasteiger partial charge in [0, 0.05) is 18.8 Å². The van der Waals surface area contributed by atoms with E-state index < -0.39 is 15.9 Å². The number of aryl methyl sites for hydroxylation is 1. The average molecular weight is 312 g/mol. The van der Waals surface area contributed by atoms with Crippen LogP contribution >= 0.6 is 0 Å². The van der Waals surface area contributed by atoms with Gasteiger partial charge in [-0.05, 0) is 36.6 Å². The summed E-state index contributed by atoms with van der Waals surface area (Å²) in [5, 5.41) is 0. The summed E-state index contributed by atoms with van der Waals surface area (Å²) in [5.74, 6) is -0.851. The van der Waals surface area contributed by atoms with Gasteiger partial charge in [-0.25, -0.2) is 8.42 Å². The molecule has 2 N–H and O–H groups in total. The number of nitrogens with zero attached hydrogens (tertiary/aromatic N) is 1. The SMILES string of the molecule is COC(=O)C1CN(S(=O)(=O)c2ccc(N)c(C)c2)CC1C. The number of methoxy groups -OCH3 is 1. The van der Waals surface area contributed by atoms with Crippen LogP contribution in [0, 0.1) is 18.8 Å². The number of anilines is 1. The third-order valence-electron chi connectivity index (χ3n) is 3.96. The van der Waals surface area contributed by atoms with Crippen LogP contribution in [0.5, 0.6) is 0 Å². The average Bonchev–Trinajstić information content (AvgIpc) is 2.83. The number of nitrogens with two attached hydrogens (primary N) is 1. The molecule has 1 fully saturated rings. The van der Waals surface area contributed by atoms with Gasteiger partial charge in [-0.2, -0.15) is 4.31 Å². The first-order valence-corrected chi connectivity index (χ1v) is 8.15. The first-order chi connectivity index (χ1) is 9.77. The Labute approximate surface area is 124 Å². The lowest BCUT2D eigenvalue weighted by Crippen LogP contribution is -2.30. The smallest absolute Gasteiger partial charge is 0.310 e. The van der Waals surface area contributed by atoms with E-state index in [1.54, 1.807) is 19.1 Å². The topological polar surface area (TPSA) is 89.7 Å². The zero-order valence-corrected chi connectivity index (χ0v) is 13.2. The molecule has 1 aromatic carbocycles. The van der Waals surface area contributed by atoms with Gasteiger partial charge in [-0.3, -0.25) is 4.79 Å². The Bertz CT molecular complexity index is 657. The van der Waals surface area contributed by atoms with Crippen molar-refractivity contribution in [2.45, 2.75) is 18.7 Å². The Balaban J connectivity index is 2.29.